The van der Waals surface area contributed by atoms with Crippen LogP contribution < -0.4 is 34.7 Å². The van der Waals surface area contributed by atoms with E-state index in [0.29, 0.717) is 10.8 Å². The van der Waals surface area contributed by atoms with Gasteiger partial charge in [0.2, 0.25) is 0 Å². The average molecular weight is 582 g/mol. The van der Waals surface area contributed by atoms with E-state index in [4.69, 9.17) is 16.6 Å². The maximum Gasteiger partial charge on any atom is 1.00 e. The van der Waals surface area contributed by atoms with Crippen LogP contribution in [0, 0.1) is 5.92 Å². The molecule has 1 heterocycles. The van der Waals surface area contributed by atoms with Gasteiger partial charge in [-0.25, -0.2) is 4.98 Å². The van der Waals surface area contributed by atoms with Gasteiger partial charge in [0, 0.05) is 33.3 Å². The summed E-state index contributed by atoms with van der Waals surface area (Å²) >= 11 is 7.78. The molecule has 0 amide bonds. The van der Waals surface area contributed by atoms with Gasteiger partial charge in [0.15, 0.2) is 0 Å². The number of aliphatic hydroxyl groups is 1. The SMILES string of the molecule is C[C@H](CS[C@H](CCc1ccccc1C(C)(C)O)c1cccc(C=Cc2ccc3ccc(Cl)cc3n2)c1)C(=O)[O-].[Na+]. The summed E-state index contributed by atoms with van der Waals surface area (Å²) < 4.78 is 0. The summed E-state index contributed by atoms with van der Waals surface area (Å²) in [5, 5.41) is 23.8. The molecule has 0 fully saturated rings. The van der Waals surface area contributed by atoms with Gasteiger partial charge in [0.25, 0.3) is 0 Å². The normalized spacial score (nSPS) is 13.2. The minimum absolute atomic E-state index is 0. The summed E-state index contributed by atoms with van der Waals surface area (Å²) in [6, 6.07) is 26.0. The molecule has 0 aliphatic carbocycles. The molecule has 3 aromatic carbocycles. The van der Waals surface area contributed by atoms with E-state index in [1.807, 2.05) is 72.8 Å². The van der Waals surface area contributed by atoms with Crippen LogP contribution >= 0.6 is 23.4 Å². The number of nitrogens with zero attached hydrogens (tertiary/aromatic N) is 1. The first-order chi connectivity index (χ1) is 18.6. The molecule has 0 aliphatic rings. The molecule has 0 saturated heterocycles. The molecule has 1 N–H and O–H groups in total. The fourth-order valence-electron chi connectivity index (χ4n) is 4.54. The molecule has 0 bridgehead atoms. The zero-order chi connectivity index (χ0) is 28.0. The van der Waals surface area contributed by atoms with Crippen LogP contribution in [0.3, 0.4) is 0 Å². The van der Waals surface area contributed by atoms with E-state index in [1.54, 1.807) is 32.5 Å². The number of fused-ring (bicyclic) bond motifs is 1. The van der Waals surface area contributed by atoms with Crippen LogP contribution in [0.1, 0.15) is 60.4 Å². The van der Waals surface area contributed by atoms with Crippen LogP contribution in [0.25, 0.3) is 23.1 Å². The second kappa shape index (κ2) is 14.7. The Morgan fingerprint density at radius 2 is 1.80 bits per heavy atom. The van der Waals surface area contributed by atoms with Gasteiger partial charge in [-0.05, 0) is 73.2 Å². The summed E-state index contributed by atoms with van der Waals surface area (Å²) in [5.41, 5.74) is 4.94. The standard InChI is InChI=1S/C33H34ClNO3S.Na/c1-22(32(36)37)21-39-31(18-14-24-8-4-5-10-29(24)33(2,3)38)26-9-6-7-23(19-26)11-16-28-17-13-25-12-15-27(34)20-30(25)35-28;/h4-13,15-17,19-20,22,31,38H,14,18,21H2,1-3H3,(H,36,37);/q;+1/p-1/t22-,31-;/m1./s1. The van der Waals surface area contributed by atoms with Crippen molar-refractivity contribution in [2.45, 2.75) is 44.5 Å². The van der Waals surface area contributed by atoms with E-state index in [-0.39, 0.29) is 34.8 Å². The molecule has 0 spiro atoms. The first kappa shape index (κ1) is 32.4. The Balaban J connectivity index is 0.00000441. The van der Waals surface area contributed by atoms with Crippen molar-refractivity contribution >= 4 is 52.4 Å². The topological polar surface area (TPSA) is 73.2 Å². The van der Waals surface area contributed by atoms with Crippen molar-refractivity contribution in [2.75, 3.05) is 5.75 Å². The number of carbonyl (C=O) groups is 1. The number of thioether (sulfide) groups is 1. The zero-order valence-corrected chi connectivity index (χ0v) is 27.0. The molecule has 1 aromatic heterocycles. The van der Waals surface area contributed by atoms with E-state index in [9.17, 15) is 15.0 Å². The Kier molecular flexibility index (Phi) is 11.9. The molecule has 4 rings (SSSR count). The molecule has 0 radical (unpaired) electrons. The van der Waals surface area contributed by atoms with E-state index < -0.39 is 17.5 Å². The molecule has 4 aromatic rings. The van der Waals surface area contributed by atoms with E-state index >= 15 is 0 Å². The van der Waals surface area contributed by atoms with Crippen molar-refractivity contribution in [1.82, 2.24) is 4.98 Å². The Morgan fingerprint density at radius 3 is 2.55 bits per heavy atom. The van der Waals surface area contributed by atoms with Crippen LogP contribution in [0.15, 0.2) is 78.9 Å². The Hall–Kier alpha value is -2.12. The van der Waals surface area contributed by atoms with Crippen LogP contribution in [-0.4, -0.2) is 21.8 Å². The van der Waals surface area contributed by atoms with Gasteiger partial charge in [-0.2, -0.15) is 11.8 Å². The number of carboxylic acid groups (broad SMARTS) is 1. The van der Waals surface area contributed by atoms with Crippen molar-refractivity contribution in [3.8, 4) is 0 Å². The van der Waals surface area contributed by atoms with Gasteiger partial charge in [-0.1, -0.05) is 85.3 Å². The number of benzene rings is 3. The van der Waals surface area contributed by atoms with Crippen LogP contribution in [-0.2, 0) is 16.8 Å². The maximum atomic E-state index is 11.4. The number of aliphatic carboxylic acids is 1. The predicted octanol–water partition coefficient (Wildman–Crippen LogP) is 4.08. The van der Waals surface area contributed by atoms with Crippen molar-refractivity contribution in [1.29, 1.82) is 0 Å². The third-order valence-corrected chi connectivity index (χ3v) is 8.54. The number of hydrogen-bond donors (Lipinski definition) is 1. The fourth-order valence-corrected chi connectivity index (χ4v) is 5.99. The van der Waals surface area contributed by atoms with Crippen molar-refractivity contribution in [3.63, 3.8) is 0 Å². The predicted molar refractivity (Wildman–Crippen MR) is 162 cm³/mol. The fraction of sp³-hybridized carbons (Fsp3) is 0.273. The molecule has 0 aliphatic heterocycles. The zero-order valence-electron chi connectivity index (χ0n) is 23.4. The smallest absolute Gasteiger partial charge is 0.550 e. The largest absolute Gasteiger partial charge is 1.00 e. The number of aryl methyl sites for hydroxylation is 1. The third-order valence-electron chi connectivity index (χ3n) is 6.71. The van der Waals surface area contributed by atoms with Crippen LogP contribution in [0.2, 0.25) is 5.02 Å². The minimum atomic E-state index is -1.03. The number of hydrogen-bond acceptors (Lipinski definition) is 5. The van der Waals surface area contributed by atoms with Crippen molar-refractivity contribution in [3.05, 3.63) is 112 Å². The molecule has 40 heavy (non-hydrogen) atoms. The van der Waals surface area contributed by atoms with Gasteiger partial charge >= 0.3 is 29.6 Å². The Morgan fingerprint density at radius 1 is 1.05 bits per heavy atom. The second-order valence-electron chi connectivity index (χ2n) is 10.4. The van der Waals surface area contributed by atoms with Gasteiger partial charge in [0.05, 0.1) is 16.8 Å². The van der Waals surface area contributed by atoms with Crippen molar-refractivity contribution < 1.29 is 44.6 Å². The molecule has 2 atom stereocenters. The Labute approximate surface area is 268 Å². The number of aromatic nitrogens is 1. The molecule has 0 saturated carbocycles. The monoisotopic (exact) mass is 581 g/mol. The summed E-state index contributed by atoms with van der Waals surface area (Å²) in [4.78, 5) is 16.1. The molecular weight excluding hydrogens is 549 g/mol. The molecular formula is C33H33ClNNaO3S. The van der Waals surface area contributed by atoms with Gasteiger partial charge in [-0.3, -0.25) is 0 Å². The van der Waals surface area contributed by atoms with E-state index in [2.05, 4.69) is 18.2 Å². The van der Waals surface area contributed by atoms with E-state index in [0.717, 1.165) is 51.7 Å². The number of carbonyl (C=O) groups excluding carboxylic acids is 1. The van der Waals surface area contributed by atoms with Gasteiger partial charge < -0.3 is 15.0 Å². The number of pyridine rings is 1. The molecule has 202 valence electrons. The average Bonchev–Trinajstić information content (AvgIpc) is 2.91. The minimum Gasteiger partial charge on any atom is -0.550 e. The summed E-state index contributed by atoms with van der Waals surface area (Å²) in [6.45, 7) is 5.29. The summed E-state index contributed by atoms with van der Waals surface area (Å²) in [5.74, 6) is -1.12. The Bertz CT molecular complexity index is 1480. The quantitative estimate of drug-likeness (QED) is 0.270. The van der Waals surface area contributed by atoms with Gasteiger partial charge in [-0.15, -0.1) is 0 Å². The van der Waals surface area contributed by atoms with E-state index in [1.165, 1.54) is 0 Å². The van der Waals surface area contributed by atoms with Crippen LogP contribution in [0.4, 0.5) is 0 Å². The first-order valence-electron chi connectivity index (χ1n) is 13.1. The molecule has 4 nitrogen and oxygen atoms in total. The molecule has 0 unspecified atom stereocenters. The number of rotatable bonds is 11. The maximum absolute atomic E-state index is 11.4. The summed E-state index contributed by atoms with van der Waals surface area (Å²) in [7, 11) is 0. The first-order valence-corrected chi connectivity index (χ1v) is 14.5. The van der Waals surface area contributed by atoms with Crippen LogP contribution in [0.5, 0.6) is 0 Å². The second-order valence-corrected chi connectivity index (χ2v) is 12.0. The van der Waals surface area contributed by atoms with Crippen molar-refractivity contribution in [2.24, 2.45) is 5.92 Å². The number of carboxylic acids is 1. The number of halogens is 1. The summed E-state index contributed by atoms with van der Waals surface area (Å²) in [6.07, 6.45) is 5.59. The van der Waals surface area contributed by atoms with Gasteiger partial charge in [0.1, 0.15) is 0 Å². The third kappa shape index (κ3) is 8.94. The molecule has 7 heteroatoms.